The number of aryl methyl sites for hydroxylation is 2. The van der Waals surface area contributed by atoms with Gasteiger partial charge in [0.15, 0.2) is 54.3 Å². The molecule has 0 radical (unpaired) electrons. The first kappa shape index (κ1) is 36.0. The average molecular weight is 651 g/mol. The van der Waals surface area contributed by atoms with Gasteiger partial charge in [0, 0.05) is 12.5 Å². The van der Waals surface area contributed by atoms with E-state index in [1.807, 2.05) is 30.3 Å². The van der Waals surface area contributed by atoms with Crippen LogP contribution >= 0.6 is 0 Å². The van der Waals surface area contributed by atoms with Crippen LogP contribution in [0.1, 0.15) is 25.0 Å². The molecule has 4 aromatic rings. The van der Waals surface area contributed by atoms with E-state index in [9.17, 15) is 30.7 Å². The molecule has 0 spiro atoms. The molecule has 0 aliphatic rings. The van der Waals surface area contributed by atoms with Crippen LogP contribution in [0.5, 0.6) is 28.7 Å². The second-order valence-corrected chi connectivity index (χ2v) is 13.4. The van der Waals surface area contributed by atoms with Crippen molar-refractivity contribution in [2.45, 2.75) is 36.5 Å². The summed E-state index contributed by atoms with van der Waals surface area (Å²) < 4.78 is 85.2. The van der Waals surface area contributed by atoms with Gasteiger partial charge in [-0.2, -0.15) is 0 Å². The van der Waals surface area contributed by atoms with Crippen molar-refractivity contribution in [2.75, 3.05) is 26.7 Å². The molecule has 4 rings (SSSR count). The molecule has 0 saturated heterocycles. The molecule has 44 heavy (non-hydrogen) atoms. The Morgan fingerprint density at radius 2 is 1.11 bits per heavy atom. The first-order valence-electron chi connectivity index (χ1n) is 13.3. The van der Waals surface area contributed by atoms with Gasteiger partial charge in [-0.1, -0.05) is 26.0 Å². The summed E-state index contributed by atoms with van der Waals surface area (Å²) in [5.41, 5.74) is 2.33. The lowest BCUT2D eigenvalue weighted by atomic mass is 10.1. The Kier molecular flexibility index (Phi) is 13.2. The maximum atomic E-state index is 12.5. The van der Waals surface area contributed by atoms with Gasteiger partial charge in [0.25, 0.3) is 0 Å². The highest BCUT2D eigenvalue weighted by Gasteiger charge is 2.11. The smallest absolute Gasteiger partial charge is 0.175 e. The van der Waals surface area contributed by atoms with Crippen molar-refractivity contribution in [3.8, 4) is 28.7 Å². The summed E-state index contributed by atoms with van der Waals surface area (Å²) in [5, 5.41) is 9.21. The number of halogens is 2. The summed E-state index contributed by atoms with van der Waals surface area (Å²) in [6.07, 6.45) is 3.98. The number of phenols is 1. The zero-order valence-electron chi connectivity index (χ0n) is 25.3. The van der Waals surface area contributed by atoms with Gasteiger partial charge in [-0.25, -0.2) is 25.6 Å². The van der Waals surface area contributed by atoms with Crippen LogP contribution in [0.4, 0.5) is 8.78 Å². The molecule has 12 heteroatoms. The van der Waals surface area contributed by atoms with Crippen LogP contribution in [0.2, 0.25) is 0 Å². The Labute approximate surface area is 257 Å². The van der Waals surface area contributed by atoms with E-state index in [4.69, 9.17) is 14.2 Å². The summed E-state index contributed by atoms with van der Waals surface area (Å²) in [5.74, 6) is 0.350. The van der Waals surface area contributed by atoms with Crippen LogP contribution in [0, 0.1) is 11.6 Å². The molecule has 0 atom stereocenters. The van der Waals surface area contributed by atoms with Crippen LogP contribution in [-0.4, -0.2) is 48.7 Å². The minimum atomic E-state index is -3.45. The van der Waals surface area contributed by atoms with E-state index in [1.54, 1.807) is 32.4 Å². The van der Waals surface area contributed by atoms with E-state index in [0.717, 1.165) is 36.8 Å². The van der Waals surface area contributed by atoms with Gasteiger partial charge in [-0.3, -0.25) is 0 Å². The number of hydrogen-bond acceptors (Lipinski definition) is 8. The second kappa shape index (κ2) is 16.1. The molecular weight excluding hydrogens is 614 g/mol. The molecule has 0 aliphatic heterocycles. The van der Waals surface area contributed by atoms with Crippen LogP contribution in [0.15, 0.2) is 88.7 Å². The highest BCUT2D eigenvalue weighted by Crippen LogP contribution is 2.33. The molecule has 0 amide bonds. The van der Waals surface area contributed by atoms with Crippen molar-refractivity contribution < 1.29 is 44.9 Å². The summed E-state index contributed by atoms with van der Waals surface area (Å²) in [4.78, 5) is 0.0459. The van der Waals surface area contributed by atoms with Gasteiger partial charge in [-0.15, -0.1) is 0 Å². The number of ether oxygens (including phenoxy) is 3. The van der Waals surface area contributed by atoms with Crippen LogP contribution in [-0.2, 0) is 32.5 Å². The first-order chi connectivity index (χ1) is 20.6. The molecule has 0 heterocycles. The second-order valence-electron chi connectivity index (χ2n) is 9.39. The van der Waals surface area contributed by atoms with Gasteiger partial charge < -0.3 is 19.3 Å². The predicted molar refractivity (Wildman–Crippen MR) is 166 cm³/mol. The number of benzene rings is 4. The van der Waals surface area contributed by atoms with Gasteiger partial charge in [0.2, 0.25) is 0 Å². The fourth-order valence-corrected chi connectivity index (χ4v) is 4.81. The molecule has 0 unspecified atom stereocenters. The maximum Gasteiger partial charge on any atom is 0.175 e. The van der Waals surface area contributed by atoms with E-state index in [0.29, 0.717) is 29.1 Å². The van der Waals surface area contributed by atoms with Gasteiger partial charge in [0.05, 0.1) is 24.0 Å². The van der Waals surface area contributed by atoms with Crippen LogP contribution < -0.4 is 14.2 Å². The Morgan fingerprint density at radius 3 is 1.59 bits per heavy atom. The fraction of sp³-hybridized carbons (Fsp3) is 0.250. The molecule has 0 bridgehead atoms. The molecule has 0 aliphatic carbocycles. The van der Waals surface area contributed by atoms with Gasteiger partial charge >= 0.3 is 0 Å². The standard InChI is InChI=1S/C16H18O4S.C9H12O2.C7H6F2O2S/c1-4-12-5-10-15(16(11-12)19-2)20-13-6-8-14(9-7-13)21(3,17)18;1-3-7-4-5-8(10)9(6-7)11-2;1-12(10,11)5-2-3-6(8)7(9)4-5/h5-11H,4H2,1-3H3;4-6,10H,3H2,1-2H3;2-4H,1H3. The van der Waals surface area contributed by atoms with Gasteiger partial charge in [-0.05, 0) is 90.7 Å². The third-order valence-electron chi connectivity index (χ3n) is 6.09. The summed E-state index contributed by atoms with van der Waals surface area (Å²) in [7, 11) is -3.50. The Balaban J connectivity index is 0.000000250. The predicted octanol–water partition coefficient (Wildman–Crippen LogP) is 6.78. The lowest BCUT2D eigenvalue weighted by Gasteiger charge is -2.11. The quantitative estimate of drug-likeness (QED) is 0.208. The topological polar surface area (TPSA) is 116 Å². The normalized spacial score (nSPS) is 10.9. The van der Waals surface area contributed by atoms with Crippen molar-refractivity contribution in [1.29, 1.82) is 0 Å². The first-order valence-corrected chi connectivity index (χ1v) is 17.1. The lowest BCUT2D eigenvalue weighted by molar-refractivity contribution is 0.373. The molecule has 1 N–H and O–H groups in total. The van der Waals surface area contributed by atoms with E-state index >= 15 is 0 Å². The SMILES string of the molecule is CCc1ccc(O)c(OC)c1.CCc1ccc(Oc2ccc(S(C)(=O)=O)cc2)c(OC)c1.CS(=O)(=O)c1ccc(F)c(F)c1. The van der Waals surface area contributed by atoms with Crippen molar-refractivity contribution in [2.24, 2.45) is 0 Å². The van der Waals surface area contributed by atoms with E-state index in [1.165, 1.54) is 24.0 Å². The fourth-order valence-electron chi connectivity index (χ4n) is 3.55. The number of rotatable bonds is 8. The highest BCUT2D eigenvalue weighted by molar-refractivity contribution is 7.91. The summed E-state index contributed by atoms with van der Waals surface area (Å²) in [6.45, 7) is 4.13. The monoisotopic (exact) mass is 650 g/mol. The lowest BCUT2D eigenvalue weighted by Crippen LogP contribution is -1.98. The third kappa shape index (κ3) is 10.8. The minimum Gasteiger partial charge on any atom is -0.504 e. The average Bonchev–Trinajstić information content (AvgIpc) is 2.99. The number of sulfone groups is 2. The molecule has 0 fully saturated rings. The summed E-state index contributed by atoms with van der Waals surface area (Å²) in [6, 6.07) is 19.9. The maximum absolute atomic E-state index is 12.5. The van der Waals surface area contributed by atoms with Crippen molar-refractivity contribution in [1.82, 2.24) is 0 Å². The van der Waals surface area contributed by atoms with E-state index < -0.39 is 31.3 Å². The van der Waals surface area contributed by atoms with Crippen LogP contribution in [0.3, 0.4) is 0 Å². The van der Waals surface area contributed by atoms with Crippen molar-refractivity contribution >= 4 is 19.7 Å². The number of hydrogen-bond donors (Lipinski definition) is 1. The zero-order chi connectivity index (χ0) is 33.1. The molecule has 238 valence electrons. The Morgan fingerprint density at radius 1 is 0.614 bits per heavy atom. The van der Waals surface area contributed by atoms with Gasteiger partial charge in [0.1, 0.15) is 5.75 Å². The molecule has 0 aromatic heterocycles. The van der Waals surface area contributed by atoms with Crippen LogP contribution in [0.25, 0.3) is 0 Å². The molecule has 8 nitrogen and oxygen atoms in total. The number of phenolic OH excluding ortho intramolecular Hbond substituents is 1. The molecule has 4 aromatic carbocycles. The van der Waals surface area contributed by atoms with E-state index in [2.05, 4.69) is 13.8 Å². The zero-order valence-corrected chi connectivity index (χ0v) is 26.9. The molecular formula is C32H36F2O8S2. The Hall–Kier alpha value is -4.16. The van der Waals surface area contributed by atoms with E-state index in [-0.39, 0.29) is 15.5 Å². The largest absolute Gasteiger partial charge is 0.504 e. The number of methoxy groups -OCH3 is 2. The summed E-state index contributed by atoms with van der Waals surface area (Å²) >= 11 is 0. The third-order valence-corrected chi connectivity index (χ3v) is 8.33. The number of aromatic hydroxyl groups is 1. The minimum absolute atomic E-state index is 0.199. The Bertz CT molecular complexity index is 1760. The highest BCUT2D eigenvalue weighted by atomic mass is 32.2. The van der Waals surface area contributed by atoms with Crippen molar-refractivity contribution in [3.63, 3.8) is 0 Å². The van der Waals surface area contributed by atoms with Crippen molar-refractivity contribution in [3.05, 3.63) is 102 Å². The molecule has 0 saturated carbocycles.